The first-order valence-electron chi connectivity index (χ1n) is 8.80. The van der Waals surface area contributed by atoms with E-state index in [-0.39, 0.29) is 5.56 Å². The number of aryl methyl sites for hydroxylation is 2. The summed E-state index contributed by atoms with van der Waals surface area (Å²) in [6, 6.07) is 13.4. The van der Waals surface area contributed by atoms with Crippen LogP contribution in [0.5, 0.6) is 0 Å². The number of nitrogens with one attached hydrogen (secondary N) is 1. The number of anilines is 2. The van der Waals surface area contributed by atoms with Crippen molar-refractivity contribution in [2.45, 2.75) is 20.8 Å². The second-order valence-corrected chi connectivity index (χ2v) is 6.67. The second-order valence-electron chi connectivity index (χ2n) is 6.67. The van der Waals surface area contributed by atoms with Crippen LogP contribution in [0.25, 0.3) is 11.3 Å². The number of aromatic nitrogens is 5. The molecule has 0 unspecified atom stereocenters. The van der Waals surface area contributed by atoms with E-state index in [4.69, 9.17) is 0 Å². The van der Waals surface area contributed by atoms with Crippen LogP contribution in [-0.2, 0) is 7.05 Å². The Balaban J connectivity index is 1.89. The Kier molecular flexibility index (Phi) is 4.00. The van der Waals surface area contributed by atoms with Crippen LogP contribution in [0.1, 0.15) is 22.6 Å². The van der Waals surface area contributed by atoms with Gasteiger partial charge in [-0.15, -0.1) is 5.10 Å². The van der Waals surface area contributed by atoms with Crippen LogP contribution in [0.4, 0.5) is 11.5 Å². The van der Waals surface area contributed by atoms with Crippen LogP contribution in [0.3, 0.4) is 0 Å². The highest BCUT2D eigenvalue weighted by atomic mass is 16.1. The van der Waals surface area contributed by atoms with E-state index in [1.807, 2.05) is 64.2 Å². The van der Waals surface area contributed by atoms with E-state index in [0.717, 1.165) is 22.8 Å². The van der Waals surface area contributed by atoms with Crippen molar-refractivity contribution in [2.24, 2.45) is 7.05 Å². The Morgan fingerprint density at radius 3 is 2.54 bits per heavy atom. The number of hydrogen-bond donors (Lipinski definition) is 1. The van der Waals surface area contributed by atoms with Crippen LogP contribution >= 0.6 is 0 Å². The average Bonchev–Trinajstić information content (AvgIpc) is 3.12. The Bertz CT molecular complexity index is 1300. The van der Waals surface area contributed by atoms with E-state index in [0.29, 0.717) is 22.7 Å². The lowest BCUT2D eigenvalue weighted by molar-refractivity contribution is 0.630. The van der Waals surface area contributed by atoms with Gasteiger partial charge in [0.1, 0.15) is 17.3 Å². The summed E-state index contributed by atoms with van der Waals surface area (Å²) in [6.07, 6.45) is 0. The van der Waals surface area contributed by atoms with Crippen molar-refractivity contribution in [1.82, 2.24) is 24.0 Å². The molecule has 0 bridgehead atoms. The molecule has 4 rings (SSSR count). The largest absolute Gasteiger partial charge is 0.331 e. The van der Waals surface area contributed by atoms with Gasteiger partial charge < -0.3 is 5.32 Å². The van der Waals surface area contributed by atoms with Gasteiger partial charge in [-0.1, -0.05) is 18.2 Å². The number of fused-ring (bicyclic) bond motifs is 1. The van der Waals surface area contributed by atoms with Crippen molar-refractivity contribution < 1.29 is 0 Å². The van der Waals surface area contributed by atoms with Crippen molar-refractivity contribution in [2.75, 3.05) is 5.32 Å². The first kappa shape index (κ1) is 17.5. The van der Waals surface area contributed by atoms with Crippen LogP contribution in [0.15, 0.2) is 41.2 Å². The molecule has 0 saturated heterocycles. The predicted octanol–water partition coefficient (Wildman–Crippen LogP) is 2.76. The van der Waals surface area contributed by atoms with Gasteiger partial charge in [-0.3, -0.25) is 9.48 Å². The summed E-state index contributed by atoms with van der Waals surface area (Å²) in [5, 5.41) is 17.2. The molecule has 3 aromatic heterocycles. The third-order valence-corrected chi connectivity index (χ3v) is 4.80. The van der Waals surface area contributed by atoms with Gasteiger partial charge in [-0.2, -0.15) is 5.26 Å². The van der Waals surface area contributed by atoms with E-state index < -0.39 is 0 Å². The summed E-state index contributed by atoms with van der Waals surface area (Å²) < 4.78 is 4.96. The van der Waals surface area contributed by atoms with E-state index in [1.165, 1.54) is 0 Å². The second kappa shape index (κ2) is 6.39. The molecule has 0 radical (unpaired) electrons. The van der Waals surface area contributed by atoms with Gasteiger partial charge in [0.2, 0.25) is 0 Å². The minimum Gasteiger partial charge on any atom is -0.331 e. The zero-order valence-corrected chi connectivity index (χ0v) is 16.1. The summed E-state index contributed by atoms with van der Waals surface area (Å²) in [4.78, 5) is 17.5. The molecule has 0 saturated carbocycles. The highest BCUT2D eigenvalue weighted by molar-refractivity contribution is 5.73. The van der Waals surface area contributed by atoms with Crippen molar-refractivity contribution in [3.8, 4) is 11.8 Å². The summed E-state index contributed by atoms with van der Waals surface area (Å²) in [5.74, 6) is 0.315. The smallest absolute Gasteiger partial charge is 0.295 e. The van der Waals surface area contributed by atoms with Crippen molar-refractivity contribution in [3.63, 3.8) is 0 Å². The highest BCUT2D eigenvalue weighted by Gasteiger charge is 2.21. The third kappa shape index (κ3) is 2.56. The fourth-order valence-electron chi connectivity index (χ4n) is 3.34. The Morgan fingerprint density at radius 2 is 1.86 bits per heavy atom. The molecule has 0 aliphatic heterocycles. The number of para-hydroxylation sites is 1. The van der Waals surface area contributed by atoms with Crippen molar-refractivity contribution in [3.05, 3.63) is 69.4 Å². The monoisotopic (exact) mass is 373 g/mol. The molecule has 1 aromatic carbocycles. The van der Waals surface area contributed by atoms with Gasteiger partial charge >= 0.3 is 0 Å². The van der Waals surface area contributed by atoms with Crippen LogP contribution < -0.4 is 10.9 Å². The normalized spacial score (nSPS) is 11.0. The minimum atomic E-state index is -0.215. The lowest BCUT2D eigenvalue weighted by atomic mass is 10.3. The Labute approximate surface area is 161 Å². The maximum atomic E-state index is 13.1. The molecule has 4 aromatic rings. The van der Waals surface area contributed by atoms with Gasteiger partial charge in [-0.05, 0) is 39.0 Å². The lowest BCUT2D eigenvalue weighted by Crippen LogP contribution is -2.20. The molecule has 0 atom stereocenters. The highest BCUT2D eigenvalue weighted by Crippen LogP contribution is 2.24. The molecule has 0 spiro atoms. The molecule has 0 amide bonds. The molecule has 28 heavy (non-hydrogen) atoms. The molecule has 3 heterocycles. The van der Waals surface area contributed by atoms with E-state index in [1.54, 1.807) is 13.9 Å². The van der Waals surface area contributed by atoms with E-state index in [9.17, 15) is 10.1 Å². The fraction of sp³-hybridized carbons (Fsp3) is 0.200. The van der Waals surface area contributed by atoms with Crippen LogP contribution in [0.2, 0.25) is 0 Å². The maximum absolute atomic E-state index is 13.1. The summed E-state index contributed by atoms with van der Waals surface area (Å²) in [6.45, 7) is 5.61. The van der Waals surface area contributed by atoms with Crippen molar-refractivity contribution >= 4 is 17.2 Å². The lowest BCUT2D eigenvalue weighted by Gasteiger charge is -2.07. The Morgan fingerprint density at radius 1 is 1.14 bits per heavy atom. The SMILES string of the molecule is Cc1cc(C)n2nc(Nc3c(C)n(C)n(-c4ccccc4)c3=O)c(C#N)c2n1. The molecule has 140 valence electrons. The maximum Gasteiger partial charge on any atom is 0.295 e. The standard InChI is InChI=1S/C20H19N7O/c1-12-10-13(2)26-19(22-12)16(11-21)18(24-26)23-17-14(3)25(4)27(20(17)28)15-8-6-5-7-9-15/h5-10H,1-4H3,(H,23,24). The molecular formula is C20H19N7O. The van der Waals surface area contributed by atoms with Gasteiger partial charge in [0.25, 0.3) is 5.56 Å². The third-order valence-electron chi connectivity index (χ3n) is 4.80. The number of rotatable bonds is 3. The zero-order valence-electron chi connectivity index (χ0n) is 16.1. The number of benzene rings is 1. The van der Waals surface area contributed by atoms with Gasteiger partial charge in [0.05, 0.1) is 11.4 Å². The first-order chi connectivity index (χ1) is 13.4. The minimum absolute atomic E-state index is 0.215. The van der Waals surface area contributed by atoms with E-state index >= 15 is 0 Å². The summed E-state index contributed by atoms with van der Waals surface area (Å²) in [5.41, 5.74) is 4.09. The molecule has 8 nitrogen and oxygen atoms in total. The number of nitriles is 1. The fourth-order valence-corrected chi connectivity index (χ4v) is 3.34. The number of hydrogen-bond acceptors (Lipinski definition) is 5. The van der Waals surface area contributed by atoms with Crippen molar-refractivity contribution in [1.29, 1.82) is 5.26 Å². The number of nitrogens with zero attached hydrogens (tertiary/aromatic N) is 6. The average molecular weight is 373 g/mol. The molecule has 8 heteroatoms. The summed E-state index contributed by atoms with van der Waals surface area (Å²) >= 11 is 0. The topological polar surface area (TPSA) is 92.9 Å². The quantitative estimate of drug-likeness (QED) is 0.596. The molecular weight excluding hydrogens is 354 g/mol. The molecule has 0 fully saturated rings. The van der Waals surface area contributed by atoms with Crippen LogP contribution in [-0.4, -0.2) is 24.0 Å². The van der Waals surface area contributed by atoms with Gasteiger partial charge in [-0.25, -0.2) is 14.2 Å². The summed E-state index contributed by atoms with van der Waals surface area (Å²) in [7, 11) is 1.82. The van der Waals surface area contributed by atoms with Gasteiger partial charge in [0.15, 0.2) is 11.5 Å². The van der Waals surface area contributed by atoms with Gasteiger partial charge in [0, 0.05) is 18.4 Å². The predicted molar refractivity (Wildman–Crippen MR) is 106 cm³/mol. The molecule has 1 N–H and O–H groups in total. The first-order valence-corrected chi connectivity index (χ1v) is 8.80. The van der Waals surface area contributed by atoms with E-state index in [2.05, 4.69) is 21.5 Å². The zero-order chi connectivity index (χ0) is 20.0. The van der Waals surface area contributed by atoms with Crippen LogP contribution in [0, 0.1) is 32.1 Å². The molecule has 0 aliphatic rings. The molecule has 0 aliphatic carbocycles. The Hall–Kier alpha value is -3.86.